The Balaban J connectivity index is 1.98. The molecule has 3 unspecified atom stereocenters. The molecule has 0 aliphatic heterocycles. The van der Waals surface area contributed by atoms with Crippen molar-refractivity contribution in [2.45, 2.75) is 38.8 Å². The van der Waals surface area contributed by atoms with E-state index in [4.69, 9.17) is 0 Å². The molecule has 1 aliphatic rings. The fraction of sp³-hybridized carbons (Fsp3) is 0.533. The number of nitrogens with one attached hydrogen (secondary N) is 1. The molecule has 1 aliphatic carbocycles. The van der Waals surface area contributed by atoms with Crippen LogP contribution in [0.5, 0.6) is 0 Å². The predicted octanol–water partition coefficient (Wildman–Crippen LogP) is 2.55. The third-order valence-corrected chi connectivity index (χ3v) is 3.87. The van der Waals surface area contributed by atoms with Crippen molar-refractivity contribution in [3.05, 3.63) is 35.4 Å². The number of amides is 1. The lowest BCUT2D eigenvalue weighted by Crippen LogP contribution is -2.40. The van der Waals surface area contributed by atoms with Crippen LogP contribution in [-0.2, 0) is 4.79 Å². The molecule has 1 aromatic rings. The van der Waals surface area contributed by atoms with E-state index in [2.05, 4.69) is 5.32 Å². The second kappa shape index (κ2) is 5.87. The third-order valence-electron chi connectivity index (χ3n) is 3.87. The fourth-order valence-electron chi connectivity index (χ4n) is 2.23. The van der Waals surface area contributed by atoms with E-state index >= 15 is 0 Å². The predicted molar refractivity (Wildman–Crippen MR) is 70.8 cm³/mol. The van der Waals surface area contributed by atoms with Crippen molar-refractivity contribution in [1.29, 1.82) is 0 Å². The van der Waals surface area contributed by atoms with E-state index in [1.807, 2.05) is 6.92 Å². The van der Waals surface area contributed by atoms with E-state index in [-0.39, 0.29) is 17.4 Å². The third kappa shape index (κ3) is 3.33. The molecule has 1 amide bonds. The number of carbonyl (C=O) groups is 1. The first-order chi connectivity index (χ1) is 9.40. The number of aliphatic hydroxyl groups is 1. The summed E-state index contributed by atoms with van der Waals surface area (Å²) >= 11 is 0. The van der Waals surface area contributed by atoms with Crippen LogP contribution in [0, 0.1) is 23.5 Å². The highest BCUT2D eigenvalue weighted by Gasteiger charge is 2.33. The first-order valence-corrected chi connectivity index (χ1v) is 6.83. The van der Waals surface area contributed by atoms with Gasteiger partial charge in [0.25, 0.3) is 0 Å². The molecule has 20 heavy (non-hydrogen) atoms. The summed E-state index contributed by atoms with van der Waals surface area (Å²) in [4.78, 5) is 11.9. The monoisotopic (exact) mass is 283 g/mol. The van der Waals surface area contributed by atoms with Crippen molar-refractivity contribution in [2.75, 3.05) is 0 Å². The number of benzene rings is 1. The summed E-state index contributed by atoms with van der Waals surface area (Å²) in [6, 6.07) is 2.67. The molecule has 1 fully saturated rings. The number of rotatable bonds is 5. The van der Waals surface area contributed by atoms with Gasteiger partial charge in [0, 0.05) is 5.92 Å². The Bertz CT molecular complexity index is 503. The minimum Gasteiger partial charge on any atom is -0.386 e. The van der Waals surface area contributed by atoms with Crippen molar-refractivity contribution in [2.24, 2.45) is 11.8 Å². The van der Waals surface area contributed by atoms with Crippen molar-refractivity contribution < 1.29 is 18.7 Å². The van der Waals surface area contributed by atoms with Gasteiger partial charge in [-0.05, 0) is 43.4 Å². The van der Waals surface area contributed by atoms with Crippen molar-refractivity contribution in [1.82, 2.24) is 5.32 Å². The topological polar surface area (TPSA) is 49.3 Å². The van der Waals surface area contributed by atoms with E-state index in [0.717, 1.165) is 25.0 Å². The summed E-state index contributed by atoms with van der Waals surface area (Å²) < 4.78 is 26.0. The second-order valence-corrected chi connectivity index (χ2v) is 5.54. The maximum absolute atomic E-state index is 13.1. The molecule has 0 bridgehead atoms. The molecule has 3 nitrogen and oxygen atoms in total. The van der Waals surface area contributed by atoms with Crippen molar-refractivity contribution >= 4 is 5.91 Å². The van der Waals surface area contributed by atoms with Gasteiger partial charge in [-0.2, -0.15) is 0 Å². The van der Waals surface area contributed by atoms with Gasteiger partial charge in [-0.25, -0.2) is 8.78 Å². The number of hydrogen-bond acceptors (Lipinski definition) is 2. The molecule has 1 saturated carbocycles. The average Bonchev–Trinajstić information content (AvgIpc) is 3.24. The van der Waals surface area contributed by atoms with Gasteiger partial charge in [0.05, 0.1) is 12.1 Å². The molecule has 0 saturated heterocycles. The summed E-state index contributed by atoms with van der Waals surface area (Å²) in [5.41, 5.74) is 0.246. The van der Waals surface area contributed by atoms with Gasteiger partial charge in [0.2, 0.25) is 5.91 Å². The molecule has 3 atom stereocenters. The van der Waals surface area contributed by atoms with Crippen molar-refractivity contribution in [3.63, 3.8) is 0 Å². The molecule has 2 rings (SSSR count). The molecule has 0 spiro atoms. The number of hydrogen-bond donors (Lipinski definition) is 2. The normalized spacial score (nSPS) is 19.2. The molecule has 1 aromatic carbocycles. The van der Waals surface area contributed by atoms with Crippen LogP contribution in [0.1, 0.15) is 38.4 Å². The molecule has 110 valence electrons. The standard InChI is InChI=1S/C15H19F2NO2/c1-8(10-3-4-10)15(20)18-9(2)14(19)11-5-6-12(16)13(17)7-11/h5-10,14,19H,3-4H2,1-2H3,(H,18,20). The molecular weight excluding hydrogens is 264 g/mol. The van der Waals surface area contributed by atoms with Crippen LogP contribution in [-0.4, -0.2) is 17.1 Å². The Kier molecular flexibility index (Phi) is 4.38. The molecule has 0 heterocycles. The Morgan fingerprint density at radius 2 is 1.95 bits per heavy atom. The zero-order valence-electron chi connectivity index (χ0n) is 11.6. The number of aliphatic hydroxyl groups excluding tert-OH is 1. The van der Waals surface area contributed by atoms with Crippen LogP contribution < -0.4 is 5.32 Å². The highest BCUT2D eigenvalue weighted by atomic mass is 19.2. The lowest BCUT2D eigenvalue weighted by molar-refractivity contribution is -0.126. The number of carbonyl (C=O) groups excluding carboxylic acids is 1. The van der Waals surface area contributed by atoms with Gasteiger partial charge in [-0.1, -0.05) is 13.0 Å². The van der Waals surface area contributed by atoms with Gasteiger partial charge in [-0.3, -0.25) is 4.79 Å². The lowest BCUT2D eigenvalue weighted by Gasteiger charge is -2.22. The van der Waals surface area contributed by atoms with E-state index in [0.29, 0.717) is 5.92 Å². The Hall–Kier alpha value is -1.49. The first kappa shape index (κ1) is 14.9. The minimum atomic E-state index is -1.07. The van der Waals surface area contributed by atoms with Crippen LogP contribution in [0.4, 0.5) is 8.78 Å². The lowest BCUT2D eigenvalue weighted by atomic mass is 10.0. The summed E-state index contributed by atoms with van der Waals surface area (Å²) in [6.07, 6.45) is 1.06. The second-order valence-electron chi connectivity index (χ2n) is 5.54. The van der Waals surface area contributed by atoms with Gasteiger partial charge in [0.1, 0.15) is 0 Å². The first-order valence-electron chi connectivity index (χ1n) is 6.83. The summed E-state index contributed by atoms with van der Waals surface area (Å²) in [5.74, 6) is -1.72. The summed E-state index contributed by atoms with van der Waals surface area (Å²) in [6.45, 7) is 3.51. The fourth-order valence-corrected chi connectivity index (χ4v) is 2.23. The molecular formula is C15H19F2NO2. The largest absolute Gasteiger partial charge is 0.386 e. The highest BCUT2D eigenvalue weighted by molar-refractivity contribution is 5.79. The van der Waals surface area contributed by atoms with Crippen LogP contribution in [0.2, 0.25) is 0 Å². The zero-order chi connectivity index (χ0) is 14.9. The molecule has 0 radical (unpaired) electrons. The van der Waals surface area contributed by atoms with Crippen LogP contribution >= 0.6 is 0 Å². The van der Waals surface area contributed by atoms with Crippen molar-refractivity contribution in [3.8, 4) is 0 Å². The van der Waals surface area contributed by atoms with Gasteiger partial charge >= 0.3 is 0 Å². The summed E-state index contributed by atoms with van der Waals surface area (Å²) in [7, 11) is 0. The Morgan fingerprint density at radius 3 is 2.50 bits per heavy atom. The smallest absolute Gasteiger partial charge is 0.223 e. The van der Waals surface area contributed by atoms with E-state index < -0.39 is 23.8 Å². The molecule has 2 N–H and O–H groups in total. The van der Waals surface area contributed by atoms with Gasteiger partial charge in [-0.15, -0.1) is 0 Å². The average molecular weight is 283 g/mol. The highest BCUT2D eigenvalue weighted by Crippen LogP contribution is 2.36. The van der Waals surface area contributed by atoms with Crippen LogP contribution in [0.25, 0.3) is 0 Å². The van der Waals surface area contributed by atoms with Crippen LogP contribution in [0.3, 0.4) is 0 Å². The minimum absolute atomic E-state index is 0.0744. The van der Waals surface area contributed by atoms with E-state index in [9.17, 15) is 18.7 Å². The zero-order valence-corrected chi connectivity index (χ0v) is 11.6. The molecule has 5 heteroatoms. The van der Waals surface area contributed by atoms with E-state index in [1.54, 1.807) is 6.92 Å². The van der Waals surface area contributed by atoms with E-state index in [1.165, 1.54) is 6.07 Å². The van der Waals surface area contributed by atoms with Gasteiger partial charge in [0.15, 0.2) is 11.6 Å². The Labute approximate surface area is 117 Å². The SMILES string of the molecule is CC(NC(=O)C(C)C1CC1)C(O)c1ccc(F)c(F)c1. The summed E-state index contributed by atoms with van der Waals surface area (Å²) in [5, 5.41) is 12.8. The maximum atomic E-state index is 13.1. The van der Waals surface area contributed by atoms with Gasteiger partial charge < -0.3 is 10.4 Å². The molecule has 0 aromatic heterocycles. The number of halogens is 2. The maximum Gasteiger partial charge on any atom is 0.223 e. The van der Waals surface area contributed by atoms with Crippen LogP contribution in [0.15, 0.2) is 18.2 Å². The Morgan fingerprint density at radius 1 is 1.30 bits per heavy atom. The quantitative estimate of drug-likeness (QED) is 0.872.